The van der Waals surface area contributed by atoms with Gasteiger partial charge in [-0.05, 0) is 37.5 Å². The van der Waals surface area contributed by atoms with Gasteiger partial charge in [-0.1, -0.05) is 63.3 Å². The summed E-state index contributed by atoms with van der Waals surface area (Å²) in [5, 5.41) is 15.4. The van der Waals surface area contributed by atoms with Crippen molar-refractivity contribution >= 4 is 23.2 Å². The summed E-state index contributed by atoms with van der Waals surface area (Å²) in [6, 6.07) is 7.23. The van der Waals surface area contributed by atoms with E-state index in [1.807, 2.05) is 26.0 Å². The Hall–Kier alpha value is -1.39. The second-order valence-electron chi connectivity index (χ2n) is 5.88. The molecule has 0 spiro atoms. The second-order valence-corrected chi connectivity index (χ2v) is 6.32. The van der Waals surface area contributed by atoms with Gasteiger partial charge in [-0.25, -0.2) is 5.43 Å². The van der Waals surface area contributed by atoms with Gasteiger partial charge < -0.3 is 5.11 Å². The summed E-state index contributed by atoms with van der Waals surface area (Å²) >= 11 is 5.86. The summed E-state index contributed by atoms with van der Waals surface area (Å²) in [4.78, 5) is 12.4. The number of amides is 1. The van der Waals surface area contributed by atoms with Crippen LogP contribution in [0.25, 0.3) is 0 Å². The summed E-state index contributed by atoms with van der Waals surface area (Å²) in [6.07, 6.45) is 4.43. The Bertz CT molecular complexity index is 518. The Balaban J connectivity index is 2.76. The Morgan fingerprint density at radius 3 is 2.17 bits per heavy atom. The molecule has 0 fully saturated rings. The van der Waals surface area contributed by atoms with Crippen molar-refractivity contribution in [1.29, 1.82) is 0 Å². The first kappa shape index (κ1) is 19.7. The lowest BCUT2D eigenvalue weighted by Crippen LogP contribution is -2.45. The number of aliphatic hydroxyl groups is 1. The maximum atomic E-state index is 12.4. The number of nitrogens with zero attached hydrogens (tertiary/aromatic N) is 1. The zero-order chi connectivity index (χ0) is 17.3. The highest BCUT2D eigenvalue weighted by molar-refractivity contribution is 6.30. The molecule has 1 amide bonds. The van der Waals surface area contributed by atoms with Crippen LogP contribution < -0.4 is 5.43 Å². The number of hydrazone groups is 1. The number of hydrogen-bond acceptors (Lipinski definition) is 3. The van der Waals surface area contributed by atoms with Crippen LogP contribution in [0, 0.1) is 0 Å². The smallest absolute Gasteiger partial charge is 0.271 e. The average Bonchev–Trinajstić information content (AvgIpc) is 2.56. The van der Waals surface area contributed by atoms with Crippen LogP contribution in [0.5, 0.6) is 0 Å². The molecule has 0 saturated carbocycles. The predicted octanol–water partition coefficient (Wildman–Crippen LogP) is 4.29. The molecule has 0 aliphatic rings. The fourth-order valence-corrected chi connectivity index (χ4v) is 2.41. The van der Waals surface area contributed by atoms with Crippen molar-refractivity contribution in [2.75, 3.05) is 0 Å². The van der Waals surface area contributed by atoms with Gasteiger partial charge in [-0.2, -0.15) is 5.10 Å². The van der Waals surface area contributed by atoms with Crippen LogP contribution in [0.1, 0.15) is 64.9 Å². The Morgan fingerprint density at radius 1 is 1.17 bits per heavy atom. The Kier molecular flexibility index (Phi) is 8.28. The standard InChI is InChI=1S/C18H27ClN2O2/c1-4-6-12-18(23,13-7-5-2)17(22)21-20-14(3)15-8-10-16(19)11-9-15/h8-11,23H,4-7,12-13H2,1-3H3,(H,21,22)/b20-14+. The van der Waals surface area contributed by atoms with E-state index in [0.717, 1.165) is 31.2 Å². The maximum absolute atomic E-state index is 12.4. The molecule has 0 aromatic heterocycles. The number of benzene rings is 1. The number of halogens is 1. The topological polar surface area (TPSA) is 61.7 Å². The zero-order valence-electron chi connectivity index (χ0n) is 14.2. The van der Waals surface area contributed by atoms with Crippen molar-refractivity contribution in [2.24, 2.45) is 5.10 Å². The molecule has 5 heteroatoms. The lowest BCUT2D eigenvalue weighted by molar-refractivity contribution is -0.141. The number of carbonyl (C=O) groups is 1. The summed E-state index contributed by atoms with van der Waals surface area (Å²) < 4.78 is 0. The first-order valence-corrected chi connectivity index (χ1v) is 8.63. The molecule has 23 heavy (non-hydrogen) atoms. The summed E-state index contributed by atoms with van der Waals surface area (Å²) in [6.45, 7) is 5.89. The van der Waals surface area contributed by atoms with Crippen LogP contribution in [0.3, 0.4) is 0 Å². The molecular weight excluding hydrogens is 312 g/mol. The first-order valence-electron chi connectivity index (χ1n) is 8.26. The fraction of sp³-hybridized carbons (Fsp3) is 0.556. The highest BCUT2D eigenvalue weighted by atomic mass is 35.5. The van der Waals surface area contributed by atoms with Gasteiger partial charge in [0.25, 0.3) is 5.91 Å². The molecule has 0 radical (unpaired) electrons. The summed E-state index contributed by atoms with van der Waals surface area (Å²) in [5.41, 5.74) is 2.73. The van der Waals surface area contributed by atoms with Gasteiger partial charge in [-0.15, -0.1) is 0 Å². The van der Waals surface area contributed by atoms with Crippen molar-refractivity contribution in [3.63, 3.8) is 0 Å². The number of rotatable bonds is 9. The van der Waals surface area contributed by atoms with E-state index in [1.54, 1.807) is 19.1 Å². The molecule has 0 bridgehead atoms. The van der Waals surface area contributed by atoms with Gasteiger partial charge >= 0.3 is 0 Å². The molecule has 0 unspecified atom stereocenters. The lowest BCUT2D eigenvalue weighted by Gasteiger charge is -2.25. The van der Waals surface area contributed by atoms with E-state index in [-0.39, 0.29) is 0 Å². The van der Waals surface area contributed by atoms with Crippen LogP contribution in [0.4, 0.5) is 0 Å². The van der Waals surface area contributed by atoms with E-state index >= 15 is 0 Å². The maximum Gasteiger partial charge on any atom is 0.271 e. The van der Waals surface area contributed by atoms with Crippen molar-refractivity contribution in [3.8, 4) is 0 Å². The molecular formula is C18H27ClN2O2. The van der Waals surface area contributed by atoms with E-state index in [2.05, 4.69) is 10.5 Å². The van der Waals surface area contributed by atoms with E-state index in [0.29, 0.717) is 23.6 Å². The van der Waals surface area contributed by atoms with Crippen LogP contribution in [-0.2, 0) is 4.79 Å². The van der Waals surface area contributed by atoms with Gasteiger partial charge in [0.2, 0.25) is 0 Å². The summed E-state index contributed by atoms with van der Waals surface area (Å²) in [7, 11) is 0. The van der Waals surface area contributed by atoms with E-state index in [4.69, 9.17) is 11.6 Å². The molecule has 0 heterocycles. The van der Waals surface area contributed by atoms with Crippen LogP contribution in [0.15, 0.2) is 29.4 Å². The van der Waals surface area contributed by atoms with Gasteiger partial charge in [-0.3, -0.25) is 4.79 Å². The second kappa shape index (κ2) is 9.68. The minimum Gasteiger partial charge on any atom is -0.380 e. The highest BCUT2D eigenvalue weighted by Crippen LogP contribution is 2.22. The highest BCUT2D eigenvalue weighted by Gasteiger charge is 2.34. The predicted molar refractivity (Wildman–Crippen MR) is 95.8 cm³/mol. The SMILES string of the molecule is CCCCC(O)(CCCC)C(=O)N/N=C(\C)c1ccc(Cl)cc1. The minimum atomic E-state index is -1.34. The number of unbranched alkanes of at least 4 members (excludes halogenated alkanes) is 2. The molecule has 2 N–H and O–H groups in total. The van der Waals surface area contributed by atoms with E-state index < -0.39 is 11.5 Å². The van der Waals surface area contributed by atoms with Gasteiger partial charge in [0.1, 0.15) is 5.60 Å². The molecule has 0 aliphatic carbocycles. The average molecular weight is 339 g/mol. The van der Waals surface area contributed by atoms with Gasteiger partial charge in [0.15, 0.2) is 0 Å². The Labute approximate surface area is 143 Å². The van der Waals surface area contributed by atoms with Crippen molar-refractivity contribution in [3.05, 3.63) is 34.9 Å². The molecule has 1 rings (SSSR count). The molecule has 0 atom stereocenters. The third-order valence-corrected chi connectivity index (χ3v) is 4.15. The first-order chi connectivity index (χ1) is 10.9. The molecule has 128 valence electrons. The number of carbonyl (C=O) groups excluding carboxylic acids is 1. The van der Waals surface area contributed by atoms with Crippen LogP contribution in [0.2, 0.25) is 5.02 Å². The molecule has 0 saturated heterocycles. The van der Waals surface area contributed by atoms with E-state index in [1.165, 1.54) is 0 Å². The molecule has 1 aromatic carbocycles. The zero-order valence-corrected chi connectivity index (χ0v) is 15.0. The largest absolute Gasteiger partial charge is 0.380 e. The third-order valence-electron chi connectivity index (χ3n) is 3.90. The fourth-order valence-electron chi connectivity index (χ4n) is 2.28. The van der Waals surface area contributed by atoms with Crippen LogP contribution >= 0.6 is 11.6 Å². The summed E-state index contributed by atoms with van der Waals surface area (Å²) in [5.74, 6) is -0.423. The van der Waals surface area contributed by atoms with Crippen molar-refractivity contribution in [2.45, 2.75) is 64.9 Å². The van der Waals surface area contributed by atoms with Gasteiger partial charge in [0.05, 0.1) is 5.71 Å². The quantitative estimate of drug-likeness (QED) is 0.521. The molecule has 0 aliphatic heterocycles. The van der Waals surface area contributed by atoms with Crippen molar-refractivity contribution in [1.82, 2.24) is 5.43 Å². The number of nitrogens with one attached hydrogen (secondary N) is 1. The van der Waals surface area contributed by atoms with Crippen LogP contribution in [-0.4, -0.2) is 22.3 Å². The molecule has 1 aromatic rings. The monoisotopic (exact) mass is 338 g/mol. The van der Waals surface area contributed by atoms with Crippen molar-refractivity contribution < 1.29 is 9.90 Å². The normalized spacial score (nSPS) is 12.3. The third kappa shape index (κ3) is 6.32. The minimum absolute atomic E-state index is 0.423. The lowest BCUT2D eigenvalue weighted by atomic mass is 9.90. The molecule has 4 nitrogen and oxygen atoms in total. The van der Waals surface area contributed by atoms with Gasteiger partial charge in [0, 0.05) is 5.02 Å². The number of hydrogen-bond donors (Lipinski definition) is 2. The Morgan fingerprint density at radius 2 is 1.70 bits per heavy atom. The van der Waals surface area contributed by atoms with E-state index in [9.17, 15) is 9.90 Å².